The Morgan fingerprint density at radius 2 is 2.00 bits per heavy atom. The van der Waals surface area contributed by atoms with Gasteiger partial charge in [0.25, 0.3) is 0 Å². The maximum Gasteiger partial charge on any atom is 0.334 e. The number of nitrogens with zero attached hydrogens (tertiary/aromatic N) is 1. The van der Waals surface area contributed by atoms with Crippen LogP contribution in [-0.4, -0.2) is 19.4 Å². The van der Waals surface area contributed by atoms with Crippen molar-refractivity contribution in [2.45, 2.75) is 13.8 Å². The molecule has 0 heterocycles. The van der Waals surface area contributed by atoms with E-state index in [1.165, 1.54) is 0 Å². The van der Waals surface area contributed by atoms with Crippen LogP contribution in [0.2, 0.25) is 0 Å². The molecule has 0 spiro atoms. The molecule has 5 heteroatoms. The van der Waals surface area contributed by atoms with Crippen molar-refractivity contribution in [1.82, 2.24) is 0 Å². The molecule has 102 valence electrons. The minimum absolute atomic E-state index is 0.228. The van der Waals surface area contributed by atoms with Gasteiger partial charge in [-0.1, -0.05) is 24.3 Å². The molecule has 0 N–H and O–H groups in total. The summed E-state index contributed by atoms with van der Waals surface area (Å²) in [6.45, 7) is 4.28. The summed E-state index contributed by atoms with van der Waals surface area (Å²) in [5.74, 6) is 0. The number of benzene rings is 1. The Morgan fingerprint density at radius 3 is 2.58 bits per heavy atom. The molecule has 0 atom stereocenters. The lowest BCUT2D eigenvalue weighted by Crippen LogP contribution is -1.98. The van der Waals surface area contributed by atoms with E-state index < -0.39 is 7.60 Å². The highest BCUT2D eigenvalue weighted by molar-refractivity contribution is 7.54. The zero-order valence-electron chi connectivity index (χ0n) is 11.2. The molecule has 0 aromatic heterocycles. The fourth-order valence-corrected chi connectivity index (χ4v) is 3.00. The predicted octanol–water partition coefficient (Wildman–Crippen LogP) is 3.84. The van der Waals surface area contributed by atoms with Crippen molar-refractivity contribution in [3.05, 3.63) is 41.5 Å². The van der Waals surface area contributed by atoms with Crippen molar-refractivity contribution >= 4 is 13.7 Å². The molecule has 1 aromatic carbocycles. The van der Waals surface area contributed by atoms with Crippen LogP contribution in [0.4, 0.5) is 0 Å². The van der Waals surface area contributed by atoms with Gasteiger partial charge >= 0.3 is 7.60 Å². The molecule has 1 aromatic rings. The van der Waals surface area contributed by atoms with Crippen LogP contribution in [-0.2, 0) is 13.6 Å². The maximum absolute atomic E-state index is 12.2. The van der Waals surface area contributed by atoms with Crippen LogP contribution in [0.3, 0.4) is 0 Å². The van der Waals surface area contributed by atoms with E-state index in [2.05, 4.69) is 6.07 Å². The number of nitriles is 1. The first-order valence-electron chi connectivity index (χ1n) is 6.18. The molecule has 19 heavy (non-hydrogen) atoms. The fourth-order valence-electron chi connectivity index (χ4n) is 1.57. The molecule has 1 rings (SSSR count). The topological polar surface area (TPSA) is 59.3 Å². The SMILES string of the molecule is CCOP(=O)(CC=Cc1cccc(C#N)c1)OCC. The number of rotatable bonds is 7. The molecule has 0 aliphatic carbocycles. The first-order chi connectivity index (χ1) is 9.13. The second-order valence-corrected chi connectivity index (χ2v) is 5.87. The Balaban J connectivity index is 2.70. The summed E-state index contributed by atoms with van der Waals surface area (Å²) in [5.41, 5.74) is 1.48. The lowest BCUT2D eigenvalue weighted by molar-refractivity contribution is 0.222. The van der Waals surface area contributed by atoms with Gasteiger partial charge in [0.1, 0.15) is 0 Å². The summed E-state index contributed by atoms with van der Waals surface area (Å²) in [6, 6.07) is 9.27. The van der Waals surface area contributed by atoms with Crippen LogP contribution in [0.15, 0.2) is 30.3 Å². The predicted molar refractivity (Wildman–Crippen MR) is 75.9 cm³/mol. The van der Waals surface area contributed by atoms with Crippen LogP contribution in [0.5, 0.6) is 0 Å². The quantitative estimate of drug-likeness (QED) is 0.711. The van der Waals surface area contributed by atoms with Gasteiger partial charge in [0.2, 0.25) is 0 Å². The largest absolute Gasteiger partial charge is 0.334 e. The lowest BCUT2D eigenvalue weighted by atomic mass is 10.1. The molecule has 0 saturated carbocycles. The summed E-state index contributed by atoms with van der Waals surface area (Å²) >= 11 is 0. The van der Waals surface area contributed by atoms with Crippen LogP contribution in [0, 0.1) is 11.3 Å². The van der Waals surface area contributed by atoms with Gasteiger partial charge in [0, 0.05) is 0 Å². The zero-order chi connectivity index (χ0) is 14.1. The average Bonchev–Trinajstić information content (AvgIpc) is 2.39. The molecule has 0 aliphatic heterocycles. The fraction of sp³-hybridized carbons (Fsp3) is 0.357. The molecular formula is C14H18NO3P. The van der Waals surface area contributed by atoms with Crippen molar-refractivity contribution in [1.29, 1.82) is 5.26 Å². The monoisotopic (exact) mass is 279 g/mol. The third-order valence-electron chi connectivity index (χ3n) is 2.31. The van der Waals surface area contributed by atoms with E-state index in [-0.39, 0.29) is 6.16 Å². The van der Waals surface area contributed by atoms with Crippen molar-refractivity contribution < 1.29 is 13.6 Å². The third kappa shape index (κ3) is 5.40. The Kier molecular flexibility index (Phi) is 6.52. The van der Waals surface area contributed by atoms with Crippen LogP contribution in [0.1, 0.15) is 25.0 Å². The first kappa shape index (κ1) is 15.7. The molecule has 0 radical (unpaired) electrons. The standard InChI is InChI=1S/C14H18NO3P/c1-3-17-19(16,18-4-2)10-6-9-13-7-5-8-14(11-13)12-15/h5-9,11H,3-4,10H2,1-2H3. The van der Waals surface area contributed by atoms with Gasteiger partial charge in [0.05, 0.1) is 31.0 Å². The molecule has 0 bridgehead atoms. The minimum atomic E-state index is -3.03. The first-order valence-corrected chi connectivity index (χ1v) is 7.91. The van der Waals surface area contributed by atoms with Gasteiger partial charge < -0.3 is 9.05 Å². The Labute approximate surface area is 114 Å². The van der Waals surface area contributed by atoms with Crippen molar-refractivity contribution in [2.75, 3.05) is 19.4 Å². The van der Waals surface area contributed by atoms with Gasteiger partial charge in [-0.25, -0.2) is 0 Å². The summed E-state index contributed by atoms with van der Waals surface area (Å²) in [7, 11) is -3.03. The maximum atomic E-state index is 12.2. The third-order valence-corrected chi connectivity index (χ3v) is 4.27. The highest BCUT2D eigenvalue weighted by atomic mass is 31.2. The van der Waals surface area contributed by atoms with E-state index in [9.17, 15) is 4.57 Å². The normalized spacial score (nSPS) is 11.6. The highest BCUT2D eigenvalue weighted by Gasteiger charge is 2.20. The average molecular weight is 279 g/mol. The molecule has 4 nitrogen and oxygen atoms in total. The Hall–Kier alpha value is -1.40. The summed E-state index contributed by atoms with van der Waals surface area (Å²) in [6.07, 6.45) is 3.79. The van der Waals surface area contributed by atoms with E-state index in [1.54, 1.807) is 32.1 Å². The Bertz CT molecular complexity index is 510. The molecular weight excluding hydrogens is 261 g/mol. The van der Waals surface area contributed by atoms with Crippen molar-refractivity contribution in [3.63, 3.8) is 0 Å². The summed E-state index contributed by atoms with van der Waals surface area (Å²) in [4.78, 5) is 0. The summed E-state index contributed by atoms with van der Waals surface area (Å²) < 4.78 is 22.5. The Morgan fingerprint density at radius 1 is 1.32 bits per heavy atom. The van der Waals surface area contributed by atoms with Crippen molar-refractivity contribution in [3.8, 4) is 6.07 Å². The molecule has 0 unspecified atom stereocenters. The molecule has 0 aliphatic rings. The van der Waals surface area contributed by atoms with Gasteiger partial charge in [-0.05, 0) is 31.5 Å². The minimum Gasteiger partial charge on any atom is -0.309 e. The molecule has 0 fully saturated rings. The number of hydrogen-bond donors (Lipinski definition) is 0. The van der Waals surface area contributed by atoms with Crippen LogP contribution < -0.4 is 0 Å². The number of allylic oxidation sites excluding steroid dienone is 1. The van der Waals surface area contributed by atoms with Crippen LogP contribution in [0.25, 0.3) is 6.08 Å². The lowest BCUT2D eigenvalue weighted by Gasteiger charge is -2.14. The van der Waals surface area contributed by atoms with E-state index >= 15 is 0 Å². The smallest absolute Gasteiger partial charge is 0.309 e. The van der Waals surface area contributed by atoms with Gasteiger partial charge in [-0.2, -0.15) is 5.26 Å². The van der Waals surface area contributed by atoms with E-state index in [4.69, 9.17) is 14.3 Å². The van der Waals surface area contributed by atoms with Crippen molar-refractivity contribution in [2.24, 2.45) is 0 Å². The molecule has 0 amide bonds. The molecule has 0 saturated heterocycles. The zero-order valence-corrected chi connectivity index (χ0v) is 12.1. The van der Waals surface area contributed by atoms with Gasteiger partial charge in [0.15, 0.2) is 0 Å². The van der Waals surface area contributed by atoms with E-state index in [1.807, 2.05) is 18.2 Å². The van der Waals surface area contributed by atoms with Gasteiger partial charge in [-0.3, -0.25) is 4.57 Å². The van der Waals surface area contributed by atoms with E-state index in [0.29, 0.717) is 18.8 Å². The highest BCUT2D eigenvalue weighted by Crippen LogP contribution is 2.47. The van der Waals surface area contributed by atoms with Gasteiger partial charge in [-0.15, -0.1) is 0 Å². The second kappa shape index (κ2) is 7.91. The van der Waals surface area contributed by atoms with E-state index in [0.717, 1.165) is 5.56 Å². The van der Waals surface area contributed by atoms with Crippen LogP contribution >= 0.6 is 7.60 Å². The summed E-state index contributed by atoms with van der Waals surface area (Å²) in [5, 5.41) is 8.80. The number of hydrogen-bond acceptors (Lipinski definition) is 4. The second-order valence-electron chi connectivity index (χ2n) is 3.77.